The van der Waals surface area contributed by atoms with Crippen molar-refractivity contribution in [1.82, 2.24) is 14.8 Å². The average Bonchev–Trinajstić information content (AvgIpc) is 3.13. The number of nitrogens with zero attached hydrogens (tertiary/aromatic N) is 2. The average molecular weight is 408 g/mol. The second kappa shape index (κ2) is 7.69. The molecule has 0 aliphatic carbocycles. The Balaban J connectivity index is 1.50. The molecule has 1 fully saturated rings. The Morgan fingerprint density at radius 1 is 1.24 bits per heavy atom. The molecule has 3 rings (SSSR count). The van der Waals surface area contributed by atoms with Crippen molar-refractivity contribution in [2.45, 2.75) is 25.4 Å². The van der Waals surface area contributed by atoms with Crippen LogP contribution in [0.4, 0.5) is 0 Å². The number of aromatic nitrogens is 1. The molecule has 0 atom stereocenters. The lowest BCUT2D eigenvalue weighted by molar-refractivity contribution is -0.122. The minimum atomic E-state index is -0.225. The standard InChI is InChI=1S/C17H18BrN3O4/c18-12-3-4-16(23)21(10-12)11-15(22)19-13-5-7-20(8-6-13)17(24)14-2-1-9-25-14/h1-4,9-10,13H,5-8,11H2,(H,19,22). The molecule has 0 spiro atoms. The number of hydrogen-bond donors (Lipinski definition) is 1. The number of hydrogen-bond acceptors (Lipinski definition) is 4. The molecule has 0 radical (unpaired) electrons. The highest BCUT2D eigenvalue weighted by molar-refractivity contribution is 9.10. The molecule has 132 valence electrons. The molecular formula is C17H18BrN3O4. The Morgan fingerprint density at radius 3 is 2.68 bits per heavy atom. The topological polar surface area (TPSA) is 84.5 Å². The first kappa shape index (κ1) is 17.5. The Bertz CT molecular complexity index is 808. The van der Waals surface area contributed by atoms with Gasteiger partial charge < -0.3 is 19.2 Å². The summed E-state index contributed by atoms with van der Waals surface area (Å²) in [6.45, 7) is 1.09. The predicted octanol–water partition coefficient (Wildman–Crippen LogP) is 1.62. The molecule has 0 bridgehead atoms. The molecule has 1 aliphatic rings. The lowest BCUT2D eigenvalue weighted by Gasteiger charge is -2.31. The number of amides is 2. The summed E-state index contributed by atoms with van der Waals surface area (Å²) < 4.78 is 7.23. The molecule has 0 aromatic carbocycles. The molecule has 0 saturated carbocycles. The van der Waals surface area contributed by atoms with Crippen molar-refractivity contribution >= 4 is 27.7 Å². The second-order valence-electron chi connectivity index (χ2n) is 5.92. The number of carbonyl (C=O) groups is 2. The van der Waals surface area contributed by atoms with Crippen LogP contribution in [0.2, 0.25) is 0 Å². The summed E-state index contributed by atoms with van der Waals surface area (Å²) in [6.07, 6.45) is 4.41. The number of rotatable bonds is 4. The number of carbonyl (C=O) groups excluding carboxylic acids is 2. The van der Waals surface area contributed by atoms with Crippen molar-refractivity contribution < 1.29 is 14.0 Å². The zero-order chi connectivity index (χ0) is 17.8. The molecule has 8 heteroatoms. The molecule has 2 aromatic heterocycles. The van der Waals surface area contributed by atoms with Crippen LogP contribution in [0.25, 0.3) is 0 Å². The van der Waals surface area contributed by atoms with Gasteiger partial charge in [0.15, 0.2) is 5.76 Å². The van der Waals surface area contributed by atoms with Crippen LogP contribution in [0.3, 0.4) is 0 Å². The number of likely N-dealkylation sites (tertiary alicyclic amines) is 1. The van der Waals surface area contributed by atoms with Crippen molar-refractivity contribution in [2.75, 3.05) is 13.1 Å². The van der Waals surface area contributed by atoms with E-state index in [4.69, 9.17) is 4.42 Å². The van der Waals surface area contributed by atoms with Gasteiger partial charge in [-0.1, -0.05) is 0 Å². The third kappa shape index (κ3) is 4.39. The van der Waals surface area contributed by atoms with Gasteiger partial charge in [0.1, 0.15) is 6.54 Å². The van der Waals surface area contributed by atoms with Gasteiger partial charge >= 0.3 is 0 Å². The number of piperidine rings is 1. The van der Waals surface area contributed by atoms with Gasteiger partial charge in [-0.2, -0.15) is 0 Å². The minimum absolute atomic E-state index is 0.00370. The zero-order valence-electron chi connectivity index (χ0n) is 13.5. The lowest BCUT2D eigenvalue weighted by Crippen LogP contribution is -2.47. The highest BCUT2D eigenvalue weighted by Crippen LogP contribution is 2.14. The Kier molecular flexibility index (Phi) is 5.37. The zero-order valence-corrected chi connectivity index (χ0v) is 15.1. The van der Waals surface area contributed by atoms with E-state index < -0.39 is 0 Å². The molecule has 1 N–H and O–H groups in total. The number of nitrogens with one attached hydrogen (secondary N) is 1. The summed E-state index contributed by atoms with van der Waals surface area (Å²) in [5.74, 6) is -0.0111. The summed E-state index contributed by atoms with van der Waals surface area (Å²) in [7, 11) is 0. The van der Waals surface area contributed by atoms with Crippen LogP contribution < -0.4 is 10.9 Å². The van der Waals surface area contributed by atoms with Gasteiger partial charge in [0.2, 0.25) is 5.91 Å². The van der Waals surface area contributed by atoms with Gasteiger partial charge in [-0.15, -0.1) is 0 Å². The molecule has 2 aromatic rings. The quantitative estimate of drug-likeness (QED) is 0.834. The van der Waals surface area contributed by atoms with Crippen LogP contribution in [0, 0.1) is 0 Å². The first-order chi connectivity index (χ1) is 12.0. The van der Waals surface area contributed by atoms with Gasteiger partial charge in [-0.05, 0) is 47.0 Å². The molecule has 0 unspecified atom stereocenters. The summed E-state index contributed by atoms with van der Waals surface area (Å²) in [6, 6.07) is 6.38. The minimum Gasteiger partial charge on any atom is -0.459 e. The fourth-order valence-corrected chi connectivity index (χ4v) is 3.22. The maximum atomic E-state index is 12.2. The maximum Gasteiger partial charge on any atom is 0.289 e. The lowest BCUT2D eigenvalue weighted by atomic mass is 10.0. The van der Waals surface area contributed by atoms with Crippen molar-refractivity contribution in [1.29, 1.82) is 0 Å². The van der Waals surface area contributed by atoms with E-state index in [1.54, 1.807) is 29.3 Å². The first-order valence-corrected chi connectivity index (χ1v) is 8.80. The van der Waals surface area contributed by atoms with E-state index in [2.05, 4.69) is 21.2 Å². The summed E-state index contributed by atoms with van der Waals surface area (Å²) in [5, 5.41) is 2.93. The highest BCUT2D eigenvalue weighted by Gasteiger charge is 2.25. The molecular weight excluding hydrogens is 390 g/mol. The van der Waals surface area contributed by atoms with Crippen LogP contribution >= 0.6 is 15.9 Å². The Hall–Kier alpha value is -2.35. The van der Waals surface area contributed by atoms with Crippen LogP contribution in [0.1, 0.15) is 23.4 Å². The SMILES string of the molecule is O=C(Cn1cc(Br)ccc1=O)NC1CCN(C(=O)c2ccco2)CC1. The first-order valence-electron chi connectivity index (χ1n) is 8.01. The number of halogens is 1. The van der Waals surface area contributed by atoms with Crippen LogP contribution in [-0.4, -0.2) is 40.4 Å². The molecule has 7 nitrogen and oxygen atoms in total. The summed E-state index contributed by atoms with van der Waals surface area (Å²) in [5.41, 5.74) is -0.225. The number of pyridine rings is 1. The summed E-state index contributed by atoms with van der Waals surface area (Å²) >= 11 is 3.28. The molecule has 1 aliphatic heterocycles. The highest BCUT2D eigenvalue weighted by atomic mass is 79.9. The van der Waals surface area contributed by atoms with Gasteiger partial charge in [-0.25, -0.2) is 0 Å². The molecule has 3 heterocycles. The largest absolute Gasteiger partial charge is 0.459 e. The predicted molar refractivity (Wildman–Crippen MR) is 94.2 cm³/mol. The van der Waals surface area contributed by atoms with Crippen LogP contribution in [-0.2, 0) is 11.3 Å². The van der Waals surface area contributed by atoms with E-state index in [1.807, 2.05) is 0 Å². The molecule has 1 saturated heterocycles. The van der Waals surface area contributed by atoms with Crippen molar-refractivity contribution in [2.24, 2.45) is 0 Å². The van der Waals surface area contributed by atoms with Crippen LogP contribution in [0.5, 0.6) is 0 Å². The number of furan rings is 1. The van der Waals surface area contributed by atoms with Gasteiger partial charge in [0.25, 0.3) is 11.5 Å². The fraction of sp³-hybridized carbons (Fsp3) is 0.353. The van der Waals surface area contributed by atoms with Crippen molar-refractivity contribution in [3.63, 3.8) is 0 Å². The van der Waals surface area contributed by atoms with E-state index in [9.17, 15) is 14.4 Å². The normalized spacial score (nSPS) is 15.2. The molecule has 25 heavy (non-hydrogen) atoms. The third-order valence-electron chi connectivity index (χ3n) is 4.14. The Labute approximate surface area is 152 Å². The van der Waals surface area contributed by atoms with Crippen molar-refractivity contribution in [3.05, 3.63) is 57.3 Å². The van der Waals surface area contributed by atoms with E-state index in [1.165, 1.54) is 16.9 Å². The second-order valence-corrected chi connectivity index (χ2v) is 6.84. The van der Waals surface area contributed by atoms with Gasteiger partial charge in [0, 0.05) is 35.9 Å². The fourth-order valence-electron chi connectivity index (χ4n) is 2.84. The smallest absolute Gasteiger partial charge is 0.289 e. The van der Waals surface area contributed by atoms with Crippen LogP contribution in [0.15, 0.2) is 50.4 Å². The summed E-state index contributed by atoms with van der Waals surface area (Å²) in [4.78, 5) is 37.8. The molecule has 2 amide bonds. The third-order valence-corrected chi connectivity index (χ3v) is 4.61. The van der Waals surface area contributed by atoms with Gasteiger partial charge in [-0.3, -0.25) is 14.4 Å². The monoisotopic (exact) mass is 407 g/mol. The van der Waals surface area contributed by atoms with E-state index in [0.717, 1.165) is 4.47 Å². The Morgan fingerprint density at radius 2 is 2.00 bits per heavy atom. The van der Waals surface area contributed by atoms with E-state index in [-0.39, 0.29) is 30.0 Å². The van der Waals surface area contributed by atoms with E-state index >= 15 is 0 Å². The maximum absolute atomic E-state index is 12.2. The van der Waals surface area contributed by atoms with E-state index in [0.29, 0.717) is 31.7 Å². The van der Waals surface area contributed by atoms with Gasteiger partial charge in [0.05, 0.1) is 6.26 Å². The van der Waals surface area contributed by atoms with Crippen molar-refractivity contribution in [3.8, 4) is 0 Å².